The first kappa shape index (κ1) is 14.3. The van der Waals surface area contributed by atoms with Crippen LogP contribution in [0.2, 0.25) is 0 Å². The average molecular weight is 241 g/mol. The number of nitrogens with zero attached hydrogens (tertiary/aromatic N) is 2. The maximum atomic E-state index is 12.2. The molecule has 1 atom stereocenters. The first-order valence-electron chi connectivity index (χ1n) is 6.81. The Bertz CT molecular complexity index is 237. The van der Waals surface area contributed by atoms with Gasteiger partial charge in [-0.3, -0.25) is 0 Å². The number of hydrogen-bond donors (Lipinski definition) is 1. The van der Waals surface area contributed by atoms with E-state index in [1.165, 1.54) is 19.3 Å². The van der Waals surface area contributed by atoms with E-state index in [4.69, 9.17) is 0 Å². The number of carbonyl (C=O) groups is 1. The predicted molar refractivity (Wildman–Crippen MR) is 71.2 cm³/mol. The van der Waals surface area contributed by atoms with Crippen LogP contribution in [-0.4, -0.2) is 54.6 Å². The summed E-state index contributed by atoms with van der Waals surface area (Å²) in [6.45, 7) is 8.87. The predicted octanol–water partition coefficient (Wildman–Crippen LogP) is 1.91. The minimum Gasteiger partial charge on any atom is -0.328 e. The standard InChI is InChI=1S/C13H27N3O/c1-5-15(4)13(17)16(11(2)3)10-12-8-6-7-9-14-12/h11-12,14H,5-10H2,1-4H3. The molecule has 1 unspecified atom stereocenters. The van der Waals surface area contributed by atoms with Gasteiger partial charge in [-0.1, -0.05) is 6.42 Å². The molecule has 0 saturated carbocycles. The van der Waals surface area contributed by atoms with Gasteiger partial charge in [-0.15, -0.1) is 0 Å². The van der Waals surface area contributed by atoms with Crippen LogP contribution in [0.15, 0.2) is 0 Å². The molecule has 1 N–H and O–H groups in total. The summed E-state index contributed by atoms with van der Waals surface area (Å²) in [5, 5.41) is 3.50. The number of carbonyl (C=O) groups excluding carboxylic acids is 1. The van der Waals surface area contributed by atoms with Crippen LogP contribution in [0.3, 0.4) is 0 Å². The lowest BCUT2D eigenvalue weighted by Crippen LogP contribution is -2.51. The summed E-state index contributed by atoms with van der Waals surface area (Å²) in [5.74, 6) is 0. The van der Waals surface area contributed by atoms with E-state index in [2.05, 4.69) is 19.2 Å². The Kier molecular flexibility index (Phi) is 5.75. The SMILES string of the molecule is CCN(C)C(=O)N(CC1CCCCN1)C(C)C. The Hall–Kier alpha value is -0.770. The van der Waals surface area contributed by atoms with Crippen LogP contribution in [0.1, 0.15) is 40.0 Å². The normalized spacial score (nSPS) is 20.4. The van der Waals surface area contributed by atoms with Gasteiger partial charge in [0.2, 0.25) is 0 Å². The molecule has 1 aliphatic heterocycles. The second kappa shape index (κ2) is 6.84. The lowest BCUT2D eigenvalue weighted by atomic mass is 10.0. The Labute approximate surface area is 105 Å². The van der Waals surface area contributed by atoms with E-state index < -0.39 is 0 Å². The van der Waals surface area contributed by atoms with Gasteiger partial charge >= 0.3 is 6.03 Å². The fourth-order valence-corrected chi connectivity index (χ4v) is 2.18. The zero-order valence-corrected chi connectivity index (χ0v) is 11.7. The maximum absolute atomic E-state index is 12.2. The van der Waals surface area contributed by atoms with Gasteiger partial charge in [0, 0.05) is 32.2 Å². The molecule has 4 nitrogen and oxygen atoms in total. The largest absolute Gasteiger partial charge is 0.328 e. The van der Waals surface area contributed by atoms with Crippen molar-refractivity contribution in [3.05, 3.63) is 0 Å². The van der Waals surface area contributed by atoms with Gasteiger partial charge in [-0.2, -0.15) is 0 Å². The fourth-order valence-electron chi connectivity index (χ4n) is 2.18. The van der Waals surface area contributed by atoms with Crippen molar-refractivity contribution in [3.8, 4) is 0 Å². The number of amides is 2. The zero-order valence-electron chi connectivity index (χ0n) is 11.7. The van der Waals surface area contributed by atoms with Gasteiger partial charge in [0.1, 0.15) is 0 Å². The first-order chi connectivity index (χ1) is 8.06. The lowest BCUT2D eigenvalue weighted by Gasteiger charge is -2.35. The van der Waals surface area contributed by atoms with E-state index in [0.717, 1.165) is 19.6 Å². The van der Waals surface area contributed by atoms with Crippen LogP contribution in [0.25, 0.3) is 0 Å². The highest BCUT2D eigenvalue weighted by molar-refractivity contribution is 5.74. The average Bonchev–Trinajstić information content (AvgIpc) is 2.35. The van der Waals surface area contributed by atoms with Gasteiger partial charge in [-0.05, 0) is 40.2 Å². The molecule has 1 heterocycles. The third kappa shape index (κ3) is 4.19. The Morgan fingerprint density at radius 1 is 1.41 bits per heavy atom. The Morgan fingerprint density at radius 2 is 2.12 bits per heavy atom. The maximum Gasteiger partial charge on any atom is 0.320 e. The Balaban J connectivity index is 2.55. The van der Waals surface area contributed by atoms with Gasteiger partial charge in [-0.25, -0.2) is 4.79 Å². The van der Waals surface area contributed by atoms with E-state index in [0.29, 0.717) is 6.04 Å². The second-order valence-corrected chi connectivity index (χ2v) is 5.19. The molecule has 0 radical (unpaired) electrons. The molecule has 1 fully saturated rings. The summed E-state index contributed by atoms with van der Waals surface area (Å²) in [6.07, 6.45) is 3.73. The molecule has 17 heavy (non-hydrogen) atoms. The van der Waals surface area contributed by atoms with Crippen LogP contribution >= 0.6 is 0 Å². The van der Waals surface area contributed by atoms with E-state index in [1.807, 2.05) is 18.9 Å². The molecule has 0 aromatic carbocycles. The molecule has 4 heteroatoms. The summed E-state index contributed by atoms with van der Waals surface area (Å²) >= 11 is 0. The van der Waals surface area contributed by atoms with Crippen molar-refractivity contribution >= 4 is 6.03 Å². The van der Waals surface area contributed by atoms with Crippen molar-refractivity contribution in [2.75, 3.05) is 26.7 Å². The van der Waals surface area contributed by atoms with E-state index in [-0.39, 0.29) is 12.1 Å². The molecule has 1 rings (SSSR count). The smallest absolute Gasteiger partial charge is 0.320 e. The number of piperidine rings is 1. The van der Waals surface area contributed by atoms with Crippen molar-refractivity contribution in [2.24, 2.45) is 0 Å². The quantitative estimate of drug-likeness (QED) is 0.816. The van der Waals surface area contributed by atoms with Gasteiger partial charge in [0.05, 0.1) is 0 Å². The van der Waals surface area contributed by atoms with Crippen molar-refractivity contribution < 1.29 is 4.79 Å². The van der Waals surface area contributed by atoms with Crippen LogP contribution in [0.5, 0.6) is 0 Å². The summed E-state index contributed by atoms with van der Waals surface area (Å²) in [5.41, 5.74) is 0. The monoisotopic (exact) mass is 241 g/mol. The minimum atomic E-state index is 0.148. The molecule has 1 saturated heterocycles. The lowest BCUT2D eigenvalue weighted by molar-refractivity contribution is 0.141. The molecule has 2 amide bonds. The second-order valence-electron chi connectivity index (χ2n) is 5.19. The summed E-state index contributed by atoms with van der Waals surface area (Å²) in [7, 11) is 1.87. The number of rotatable bonds is 4. The molecule has 0 bridgehead atoms. The summed E-state index contributed by atoms with van der Waals surface area (Å²) in [6, 6.07) is 0.885. The van der Waals surface area contributed by atoms with Crippen molar-refractivity contribution in [2.45, 2.75) is 52.1 Å². The topological polar surface area (TPSA) is 35.6 Å². The molecular weight excluding hydrogens is 214 g/mol. The molecular formula is C13H27N3O. The molecule has 100 valence electrons. The van der Waals surface area contributed by atoms with Gasteiger partial charge in [0.25, 0.3) is 0 Å². The molecule has 0 spiro atoms. The van der Waals surface area contributed by atoms with Gasteiger partial charge < -0.3 is 15.1 Å². The van der Waals surface area contributed by atoms with E-state index in [1.54, 1.807) is 4.90 Å². The molecule has 0 aromatic rings. The van der Waals surface area contributed by atoms with Crippen LogP contribution in [-0.2, 0) is 0 Å². The first-order valence-corrected chi connectivity index (χ1v) is 6.81. The third-order valence-electron chi connectivity index (χ3n) is 3.50. The van der Waals surface area contributed by atoms with Crippen molar-refractivity contribution in [3.63, 3.8) is 0 Å². The highest BCUT2D eigenvalue weighted by Crippen LogP contribution is 2.11. The minimum absolute atomic E-state index is 0.148. The van der Waals surface area contributed by atoms with Crippen molar-refractivity contribution in [1.29, 1.82) is 0 Å². The number of urea groups is 1. The van der Waals surface area contributed by atoms with E-state index >= 15 is 0 Å². The van der Waals surface area contributed by atoms with Crippen LogP contribution in [0, 0.1) is 0 Å². The van der Waals surface area contributed by atoms with Crippen molar-refractivity contribution in [1.82, 2.24) is 15.1 Å². The molecule has 1 aliphatic rings. The highest BCUT2D eigenvalue weighted by atomic mass is 16.2. The Morgan fingerprint density at radius 3 is 2.59 bits per heavy atom. The molecule has 0 aromatic heterocycles. The number of hydrogen-bond acceptors (Lipinski definition) is 2. The summed E-state index contributed by atoms with van der Waals surface area (Å²) in [4.78, 5) is 16.0. The summed E-state index contributed by atoms with van der Waals surface area (Å²) < 4.78 is 0. The fraction of sp³-hybridized carbons (Fsp3) is 0.923. The third-order valence-corrected chi connectivity index (χ3v) is 3.50. The van der Waals surface area contributed by atoms with Crippen LogP contribution < -0.4 is 5.32 Å². The zero-order chi connectivity index (χ0) is 12.8. The highest BCUT2D eigenvalue weighted by Gasteiger charge is 2.24. The van der Waals surface area contributed by atoms with E-state index in [9.17, 15) is 4.79 Å². The number of nitrogens with one attached hydrogen (secondary N) is 1. The molecule has 0 aliphatic carbocycles. The van der Waals surface area contributed by atoms with Crippen LogP contribution in [0.4, 0.5) is 4.79 Å². The van der Waals surface area contributed by atoms with Gasteiger partial charge in [0.15, 0.2) is 0 Å².